The molecule has 0 aromatic carbocycles. The Labute approximate surface area is 123 Å². The first-order chi connectivity index (χ1) is 9.56. The first kappa shape index (κ1) is 15.4. The van der Waals surface area contributed by atoms with Gasteiger partial charge in [0.15, 0.2) is 0 Å². The van der Waals surface area contributed by atoms with Crippen LogP contribution in [0.25, 0.3) is 0 Å². The molecule has 7 heteroatoms. The molecule has 114 valence electrons. The van der Waals surface area contributed by atoms with Gasteiger partial charge < -0.3 is 14.7 Å². The topological polar surface area (TPSA) is 70.1 Å². The van der Waals surface area contributed by atoms with Crippen molar-refractivity contribution in [3.05, 3.63) is 0 Å². The summed E-state index contributed by atoms with van der Waals surface area (Å²) in [6.07, 6.45) is 2.19. The third-order valence-corrected chi connectivity index (χ3v) is 5.13. The van der Waals surface area contributed by atoms with E-state index in [1.807, 2.05) is 6.92 Å². The van der Waals surface area contributed by atoms with Crippen LogP contribution in [0.3, 0.4) is 0 Å². The van der Waals surface area contributed by atoms with Crippen molar-refractivity contribution in [3.63, 3.8) is 0 Å². The molecule has 2 amide bonds. The predicted octanol–water partition coefficient (Wildman–Crippen LogP) is 1.31. The normalized spacial score (nSPS) is 25.8. The molecule has 0 bridgehead atoms. The zero-order valence-corrected chi connectivity index (χ0v) is 12.8. The number of carboxylic acid groups (broad SMARTS) is 1. The molecule has 0 aromatic rings. The number of ether oxygens (including phenoxy) is 1. The third kappa shape index (κ3) is 3.38. The van der Waals surface area contributed by atoms with Gasteiger partial charge in [0.25, 0.3) is 0 Å². The molecule has 0 radical (unpaired) electrons. The lowest BCUT2D eigenvalue weighted by atomic mass is 10.2. The predicted molar refractivity (Wildman–Crippen MR) is 76.8 cm³/mol. The maximum atomic E-state index is 12.5. The summed E-state index contributed by atoms with van der Waals surface area (Å²) in [4.78, 5) is 27.0. The van der Waals surface area contributed by atoms with Crippen molar-refractivity contribution < 1.29 is 19.4 Å². The number of thioether (sulfide) groups is 1. The van der Waals surface area contributed by atoms with Gasteiger partial charge in [-0.1, -0.05) is 0 Å². The molecule has 2 rings (SSSR count). The minimum Gasteiger partial charge on any atom is -0.480 e. The van der Waals surface area contributed by atoms with Crippen molar-refractivity contribution in [2.24, 2.45) is 5.92 Å². The maximum absolute atomic E-state index is 12.5. The van der Waals surface area contributed by atoms with Gasteiger partial charge in [0, 0.05) is 26.0 Å². The van der Waals surface area contributed by atoms with Crippen LogP contribution in [0.1, 0.15) is 19.8 Å². The van der Waals surface area contributed by atoms with Crippen molar-refractivity contribution in [3.8, 4) is 0 Å². The first-order valence-electron chi connectivity index (χ1n) is 7.01. The molecule has 1 aliphatic carbocycles. The number of hydrogen-bond acceptors (Lipinski definition) is 4. The summed E-state index contributed by atoms with van der Waals surface area (Å²) in [7, 11) is 1.70. The van der Waals surface area contributed by atoms with Gasteiger partial charge in [0.1, 0.15) is 6.04 Å². The number of carboxylic acids is 1. The number of carbonyl (C=O) groups excluding carboxylic acids is 1. The lowest BCUT2D eigenvalue weighted by Gasteiger charge is -2.31. The van der Waals surface area contributed by atoms with Crippen LogP contribution < -0.4 is 0 Å². The van der Waals surface area contributed by atoms with Gasteiger partial charge in [-0.25, -0.2) is 9.59 Å². The van der Waals surface area contributed by atoms with Gasteiger partial charge in [-0.3, -0.25) is 4.90 Å². The average Bonchev–Trinajstić information content (AvgIpc) is 3.16. The second kappa shape index (κ2) is 6.67. The van der Waals surface area contributed by atoms with E-state index in [1.54, 1.807) is 28.6 Å². The quantitative estimate of drug-likeness (QED) is 0.749. The fraction of sp³-hybridized carbons (Fsp3) is 0.846. The Morgan fingerprint density at radius 1 is 1.45 bits per heavy atom. The lowest BCUT2D eigenvalue weighted by Crippen LogP contribution is -2.51. The van der Waals surface area contributed by atoms with Crippen molar-refractivity contribution in [2.45, 2.75) is 31.2 Å². The molecule has 0 aromatic heterocycles. The summed E-state index contributed by atoms with van der Waals surface area (Å²) in [6.45, 7) is 3.48. The van der Waals surface area contributed by atoms with Crippen LogP contribution in [0.2, 0.25) is 0 Å². The average molecular weight is 302 g/mol. The standard InChI is InChI=1S/C13H22N2O4S/c1-3-19-7-6-14(2)13(18)15-10(12(16)17)8-20-11(15)9-4-5-9/h9-11H,3-8H2,1-2H3,(H,16,17). The van der Waals surface area contributed by atoms with Crippen LogP contribution in [-0.4, -0.2) is 70.9 Å². The van der Waals surface area contributed by atoms with E-state index in [0.29, 0.717) is 31.4 Å². The molecular formula is C13H22N2O4S. The van der Waals surface area contributed by atoms with Crippen LogP contribution in [0.4, 0.5) is 4.79 Å². The Kier molecular flexibility index (Phi) is 5.15. The Bertz CT molecular complexity index is 375. The first-order valence-corrected chi connectivity index (χ1v) is 8.06. The molecule has 2 aliphatic rings. The minimum absolute atomic E-state index is 0.0261. The van der Waals surface area contributed by atoms with E-state index in [9.17, 15) is 14.7 Å². The van der Waals surface area contributed by atoms with E-state index < -0.39 is 12.0 Å². The number of nitrogens with zero attached hydrogens (tertiary/aromatic N) is 2. The summed E-state index contributed by atoms with van der Waals surface area (Å²) in [5, 5.41) is 9.32. The summed E-state index contributed by atoms with van der Waals surface area (Å²) >= 11 is 1.60. The Morgan fingerprint density at radius 2 is 2.15 bits per heavy atom. The van der Waals surface area contributed by atoms with E-state index in [4.69, 9.17) is 4.74 Å². The highest BCUT2D eigenvalue weighted by atomic mass is 32.2. The molecule has 6 nitrogen and oxygen atoms in total. The Hall–Kier alpha value is -0.950. The molecule has 2 atom stereocenters. The maximum Gasteiger partial charge on any atom is 0.327 e. The number of hydrogen-bond donors (Lipinski definition) is 1. The van der Waals surface area contributed by atoms with E-state index in [2.05, 4.69) is 0 Å². The van der Waals surface area contributed by atoms with Gasteiger partial charge in [0.2, 0.25) is 0 Å². The number of aliphatic carboxylic acids is 1. The SMILES string of the molecule is CCOCCN(C)C(=O)N1C(C(=O)O)CSC1C1CC1. The molecule has 1 saturated heterocycles. The smallest absolute Gasteiger partial charge is 0.327 e. The fourth-order valence-corrected chi connectivity index (χ4v) is 3.97. The van der Waals surface area contributed by atoms with Crippen LogP contribution in [0.15, 0.2) is 0 Å². The summed E-state index contributed by atoms with van der Waals surface area (Å²) in [5.41, 5.74) is 0. The van der Waals surface area contributed by atoms with Crippen molar-refractivity contribution in [1.29, 1.82) is 0 Å². The van der Waals surface area contributed by atoms with Gasteiger partial charge in [-0.15, -0.1) is 11.8 Å². The van der Waals surface area contributed by atoms with Crippen molar-refractivity contribution in [2.75, 3.05) is 32.6 Å². The van der Waals surface area contributed by atoms with Gasteiger partial charge in [0.05, 0.1) is 12.0 Å². The van der Waals surface area contributed by atoms with Crippen LogP contribution in [0, 0.1) is 5.92 Å². The van der Waals surface area contributed by atoms with E-state index in [1.165, 1.54) is 0 Å². The monoisotopic (exact) mass is 302 g/mol. The molecule has 20 heavy (non-hydrogen) atoms. The lowest BCUT2D eigenvalue weighted by molar-refractivity contribution is -0.141. The molecule has 1 saturated carbocycles. The molecule has 2 fully saturated rings. The Balaban J connectivity index is 2.00. The number of urea groups is 1. The van der Waals surface area contributed by atoms with E-state index in [0.717, 1.165) is 12.8 Å². The molecule has 1 heterocycles. The third-order valence-electron chi connectivity index (χ3n) is 3.67. The van der Waals surface area contributed by atoms with Crippen LogP contribution in [0.5, 0.6) is 0 Å². The fourth-order valence-electron chi connectivity index (χ4n) is 2.34. The highest BCUT2D eigenvalue weighted by Gasteiger charge is 2.48. The van der Waals surface area contributed by atoms with Gasteiger partial charge in [-0.2, -0.15) is 0 Å². The Morgan fingerprint density at radius 3 is 2.70 bits per heavy atom. The number of carbonyl (C=O) groups is 2. The summed E-state index contributed by atoms with van der Waals surface area (Å²) in [5.74, 6) is 0.0439. The van der Waals surface area contributed by atoms with E-state index in [-0.39, 0.29) is 11.4 Å². The van der Waals surface area contributed by atoms with E-state index >= 15 is 0 Å². The van der Waals surface area contributed by atoms with Gasteiger partial charge >= 0.3 is 12.0 Å². The van der Waals surface area contributed by atoms with Crippen molar-refractivity contribution in [1.82, 2.24) is 9.80 Å². The highest BCUT2D eigenvalue weighted by molar-refractivity contribution is 8.00. The molecular weight excluding hydrogens is 280 g/mol. The second-order valence-corrected chi connectivity index (χ2v) is 6.37. The summed E-state index contributed by atoms with van der Waals surface area (Å²) in [6, 6.07) is -0.897. The largest absolute Gasteiger partial charge is 0.480 e. The molecule has 1 N–H and O–H groups in total. The zero-order chi connectivity index (χ0) is 14.7. The van der Waals surface area contributed by atoms with Gasteiger partial charge in [-0.05, 0) is 25.7 Å². The second-order valence-electron chi connectivity index (χ2n) is 5.22. The zero-order valence-electron chi connectivity index (χ0n) is 11.9. The molecule has 1 aliphatic heterocycles. The van der Waals surface area contributed by atoms with Crippen LogP contribution in [-0.2, 0) is 9.53 Å². The molecule has 0 spiro atoms. The minimum atomic E-state index is -0.910. The number of likely N-dealkylation sites (N-methyl/N-ethyl adjacent to an activating group) is 1. The molecule has 2 unspecified atom stereocenters. The summed E-state index contributed by atoms with van der Waals surface area (Å²) < 4.78 is 5.24. The van der Waals surface area contributed by atoms with Crippen molar-refractivity contribution >= 4 is 23.8 Å². The highest BCUT2D eigenvalue weighted by Crippen LogP contribution is 2.45. The number of amides is 2. The van der Waals surface area contributed by atoms with Crippen LogP contribution >= 0.6 is 11.8 Å². The number of rotatable bonds is 6.